The molecule has 112 valence electrons. The van der Waals surface area contributed by atoms with Gasteiger partial charge in [-0.1, -0.05) is 6.92 Å². The van der Waals surface area contributed by atoms with Crippen molar-refractivity contribution < 1.29 is 9.13 Å². The monoisotopic (exact) mass is 280 g/mol. The number of nitrogens with one attached hydrogen (secondary N) is 1. The highest BCUT2D eigenvalue weighted by molar-refractivity contribution is 5.15. The van der Waals surface area contributed by atoms with Gasteiger partial charge in [0.15, 0.2) is 0 Å². The Kier molecular flexibility index (Phi) is 6.40. The Morgan fingerprint density at radius 3 is 3.10 bits per heavy atom. The van der Waals surface area contributed by atoms with Gasteiger partial charge >= 0.3 is 0 Å². The van der Waals surface area contributed by atoms with Crippen molar-refractivity contribution in [3.8, 4) is 0 Å². The molecule has 0 spiro atoms. The van der Waals surface area contributed by atoms with E-state index in [1.165, 1.54) is 19.0 Å². The summed E-state index contributed by atoms with van der Waals surface area (Å²) in [6.07, 6.45) is 10.1. The van der Waals surface area contributed by atoms with Gasteiger partial charge in [0, 0.05) is 18.8 Å². The molecule has 1 fully saturated rings. The Hall–Kier alpha value is -1.00. The molecule has 0 aliphatic carbocycles. The minimum absolute atomic E-state index is 0.194. The second kappa shape index (κ2) is 8.32. The van der Waals surface area contributed by atoms with Gasteiger partial charge in [0.05, 0.1) is 12.3 Å². The molecule has 20 heavy (non-hydrogen) atoms. The van der Waals surface area contributed by atoms with Crippen LogP contribution < -0.4 is 5.32 Å². The van der Waals surface area contributed by atoms with Gasteiger partial charge in [-0.15, -0.1) is 0 Å². The van der Waals surface area contributed by atoms with Crippen molar-refractivity contribution in [2.45, 2.75) is 57.6 Å². The molecule has 1 aliphatic heterocycles. The molecule has 0 bridgehead atoms. The third-order valence-corrected chi connectivity index (χ3v) is 3.81. The predicted molar refractivity (Wildman–Crippen MR) is 78.1 cm³/mol. The molecule has 0 aromatic carbocycles. The van der Waals surface area contributed by atoms with Gasteiger partial charge in [-0.25, -0.2) is 4.39 Å². The SMILES string of the molecule is CCCNC(CCCC1CCCO1)c1cncc(F)c1. The molecule has 0 saturated carbocycles. The molecule has 2 heterocycles. The number of aromatic nitrogens is 1. The van der Waals surface area contributed by atoms with Crippen molar-refractivity contribution in [3.63, 3.8) is 0 Å². The molecule has 1 N–H and O–H groups in total. The van der Waals surface area contributed by atoms with Crippen LogP contribution >= 0.6 is 0 Å². The van der Waals surface area contributed by atoms with Crippen molar-refractivity contribution in [1.29, 1.82) is 0 Å². The fourth-order valence-corrected chi connectivity index (χ4v) is 2.75. The highest BCUT2D eigenvalue weighted by atomic mass is 19.1. The molecular formula is C16H25FN2O. The summed E-state index contributed by atoms with van der Waals surface area (Å²) in [4.78, 5) is 3.96. The van der Waals surface area contributed by atoms with Crippen molar-refractivity contribution in [2.24, 2.45) is 0 Å². The average Bonchev–Trinajstić information content (AvgIpc) is 2.96. The number of hydrogen-bond acceptors (Lipinski definition) is 3. The fourth-order valence-electron chi connectivity index (χ4n) is 2.75. The van der Waals surface area contributed by atoms with Crippen LogP contribution in [0.4, 0.5) is 4.39 Å². The molecule has 3 nitrogen and oxygen atoms in total. The lowest BCUT2D eigenvalue weighted by molar-refractivity contribution is 0.101. The molecule has 2 unspecified atom stereocenters. The van der Waals surface area contributed by atoms with Crippen LogP contribution in [0, 0.1) is 5.82 Å². The van der Waals surface area contributed by atoms with Crippen LogP contribution in [-0.2, 0) is 4.74 Å². The van der Waals surface area contributed by atoms with E-state index in [9.17, 15) is 4.39 Å². The molecular weight excluding hydrogens is 255 g/mol. The first-order valence-corrected chi connectivity index (χ1v) is 7.75. The van der Waals surface area contributed by atoms with E-state index in [1.807, 2.05) is 0 Å². The van der Waals surface area contributed by atoms with Crippen molar-refractivity contribution in [3.05, 3.63) is 29.8 Å². The van der Waals surface area contributed by atoms with Crippen LogP contribution in [0.5, 0.6) is 0 Å². The Balaban J connectivity index is 1.85. The molecule has 2 atom stereocenters. The highest BCUT2D eigenvalue weighted by Crippen LogP contribution is 2.23. The van der Waals surface area contributed by atoms with Crippen LogP contribution in [-0.4, -0.2) is 24.2 Å². The van der Waals surface area contributed by atoms with E-state index in [-0.39, 0.29) is 11.9 Å². The maximum absolute atomic E-state index is 13.3. The summed E-state index contributed by atoms with van der Waals surface area (Å²) in [6.45, 7) is 4.00. The number of hydrogen-bond donors (Lipinski definition) is 1. The fraction of sp³-hybridized carbons (Fsp3) is 0.688. The first-order valence-electron chi connectivity index (χ1n) is 7.75. The lowest BCUT2D eigenvalue weighted by Gasteiger charge is -2.19. The predicted octanol–water partition coefficient (Wildman–Crippen LogP) is 3.61. The van der Waals surface area contributed by atoms with Crippen molar-refractivity contribution in [2.75, 3.05) is 13.2 Å². The summed E-state index contributed by atoms with van der Waals surface area (Å²) in [5.41, 5.74) is 0.950. The first-order chi connectivity index (χ1) is 9.79. The van der Waals surface area contributed by atoms with Crippen LogP contribution in [0.3, 0.4) is 0 Å². The molecule has 1 aromatic rings. The molecule has 4 heteroatoms. The quantitative estimate of drug-likeness (QED) is 0.790. The Labute approximate surface area is 120 Å². The molecule has 2 rings (SSSR count). The molecule has 0 radical (unpaired) electrons. The number of halogens is 1. The topological polar surface area (TPSA) is 34.1 Å². The van der Waals surface area contributed by atoms with Gasteiger partial charge in [0.25, 0.3) is 0 Å². The molecule has 1 saturated heterocycles. The summed E-state index contributed by atoms with van der Waals surface area (Å²) in [7, 11) is 0. The number of pyridine rings is 1. The smallest absolute Gasteiger partial charge is 0.141 e. The van der Waals surface area contributed by atoms with Gasteiger partial charge in [0.1, 0.15) is 5.82 Å². The van der Waals surface area contributed by atoms with Gasteiger partial charge in [-0.2, -0.15) is 0 Å². The van der Waals surface area contributed by atoms with Gasteiger partial charge < -0.3 is 10.1 Å². The largest absolute Gasteiger partial charge is 0.378 e. The second-order valence-electron chi connectivity index (χ2n) is 5.51. The Morgan fingerprint density at radius 2 is 2.40 bits per heavy atom. The van der Waals surface area contributed by atoms with E-state index >= 15 is 0 Å². The summed E-state index contributed by atoms with van der Waals surface area (Å²) in [5, 5.41) is 3.49. The van der Waals surface area contributed by atoms with Gasteiger partial charge in [-0.05, 0) is 56.7 Å². The molecule has 0 amide bonds. The van der Waals surface area contributed by atoms with Gasteiger partial charge in [-0.3, -0.25) is 4.98 Å². The Morgan fingerprint density at radius 1 is 1.50 bits per heavy atom. The van der Waals surface area contributed by atoms with Crippen molar-refractivity contribution in [1.82, 2.24) is 10.3 Å². The maximum atomic E-state index is 13.3. The third-order valence-electron chi connectivity index (χ3n) is 3.81. The number of rotatable bonds is 8. The molecule has 1 aromatic heterocycles. The van der Waals surface area contributed by atoms with Crippen molar-refractivity contribution >= 4 is 0 Å². The van der Waals surface area contributed by atoms with E-state index in [0.29, 0.717) is 6.10 Å². The summed E-state index contributed by atoms with van der Waals surface area (Å²) < 4.78 is 19.0. The minimum Gasteiger partial charge on any atom is -0.378 e. The number of nitrogens with zero attached hydrogens (tertiary/aromatic N) is 1. The highest BCUT2D eigenvalue weighted by Gasteiger charge is 2.17. The zero-order chi connectivity index (χ0) is 14.2. The third kappa shape index (κ3) is 4.84. The van der Waals surface area contributed by atoms with Gasteiger partial charge in [0.2, 0.25) is 0 Å². The van der Waals surface area contributed by atoms with Crippen LogP contribution in [0.1, 0.15) is 57.1 Å². The standard InChI is InChI=1S/C16H25FN2O/c1-2-8-19-16(13-10-14(17)12-18-11-13)7-3-5-15-6-4-9-20-15/h10-12,15-16,19H,2-9H2,1H3. The van der Waals surface area contributed by atoms with Crippen LogP contribution in [0.25, 0.3) is 0 Å². The van der Waals surface area contributed by atoms with E-state index in [4.69, 9.17) is 4.74 Å². The summed E-state index contributed by atoms with van der Waals surface area (Å²) >= 11 is 0. The van der Waals surface area contributed by atoms with E-state index in [0.717, 1.165) is 44.4 Å². The lowest BCUT2D eigenvalue weighted by atomic mass is 10.00. The summed E-state index contributed by atoms with van der Waals surface area (Å²) in [5.74, 6) is -0.259. The lowest BCUT2D eigenvalue weighted by Crippen LogP contribution is -2.22. The zero-order valence-corrected chi connectivity index (χ0v) is 12.3. The van der Waals surface area contributed by atoms with E-state index in [2.05, 4.69) is 17.2 Å². The summed E-state index contributed by atoms with van der Waals surface area (Å²) in [6, 6.07) is 1.78. The normalized spacial score (nSPS) is 20.2. The first kappa shape index (κ1) is 15.4. The number of ether oxygens (including phenoxy) is 1. The van der Waals surface area contributed by atoms with E-state index < -0.39 is 0 Å². The maximum Gasteiger partial charge on any atom is 0.141 e. The van der Waals surface area contributed by atoms with Crippen LogP contribution in [0.2, 0.25) is 0 Å². The average molecular weight is 280 g/mol. The zero-order valence-electron chi connectivity index (χ0n) is 12.3. The second-order valence-corrected chi connectivity index (χ2v) is 5.51. The Bertz CT molecular complexity index is 394. The van der Waals surface area contributed by atoms with Crippen LogP contribution in [0.15, 0.2) is 18.5 Å². The minimum atomic E-state index is -0.259. The van der Waals surface area contributed by atoms with E-state index in [1.54, 1.807) is 12.3 Å². The molecule has 1 aliphatic rings.